The maximum absolute atomic E-state index is 5.47. The molecule has 1 rings (SSSR count). The Labute approximate surface area is 84.8 Å². The molecule has 0 heterocycles. The summed E-state index contributed by atoms with van der Waals surface area (Å²) in [5, 5.41) is 0. The molecule has 0 aliphatic heterocycles. The largest absolute Gasteiger partial charge is 0.494 e. The minimum Gasteiger partial charge on any atom is -0.494 e. The Kier molecular flexibility index (Phi) is 5.04. The minimum absolute atomic E-state index is 0.535. The first-order valence-corrected chi connectivity index (χ1v) is 4.90. The van der Waals surface area contributed by atoms with E-state index in [1.165, 1.54) is 5.56 Å². The predicted octanol–water partition coefficient (Wildman–Crippen LogP) is 1.91. The van der Waals surface area contributed by atoms with Gasteiger partial charge in [-0.05, 0) is 24.1 Å². The highest BCUT2D eigenvalue weighted by Crippen LogP contribution is 2.12. The smallest absolute Gasteiger partial charge is 0.119 e. The second-order valence-electron chi connectivity index (χ2n) is 3.07. The van der Waals surface area contributed by atoms with Crippen molar-refractivity contribution >= 4 is 0 Å². The molecule has 78 valence electrons. The zero-order valence-corrected chi connectivity index (χ0v) is 8.53. The van der Waals surface area contributed by atoms with Crippen LogP contribution in [-0.4, -0.2) is 13.2 Å². The Morgan fingerprint density at radius 3 is 2.43 bits per heavy atom. The number of ether oxygens (including phenoxy) is 1. The summed E-state index contributed by atoms with van der Waals surface area (Å²) < 4.78 is 5.47. The van der Waals surface area contributed by atoms with E-state index in [-0.39, 0.29) is 0 Å². The zero-order valence-electron chi connectivity index (χ0n) is 8.53. The second-order valence-corrected chi connectivity index (χ2v) is 3.07. The summed E-state index contributed by atoms with van der Waals surface area (Å²) in [4.78, 5) is 4.44. The van der Waals surface area contributed by atoms with Crippen molar-refractivity contribution in [1.29, 1.82) is 0 Å². The van der Waals surface area contributed by atoms with Crippen LogP contribution in [0, 0.1) is 0 Å². The maximum Gasteiger partial charge on any atom is 0.119 e. The average molecular weight is 195 g/mol. The fourth-order valence-electron chi connectivity index (χ4n) is 1.15. The van der Waals surface area contributed by atoms with E-state index in [9.17, 15) is 0 Å². The lowest BCUT2D eigenvalue weighted by Crippen LogP contribution is -2.06. The lowest BCUT2D eigenvalue weighted by atomic mass is 10.2. The Balaban J connectivity index is 2.29. The van der Waals surface area contributed by atoms with Crippen molar-refractivity contribution in [2.24, 2.45) is 5.90 Å². The van der Waals surface area contributed by atoms with E-state index in [1.807, 2.05) is 12.1 Å². The highest BCUT2D eigenvalue weighted by Gasteiger charge is 1.93. The van der Waals surface area contributed by atoms with E-state index in [1.54, 1.807) is 0 Å². The summed E-state index contributed by atoms with van der Waals surface area (Å²) in [5.74, 6) is 5.79. The van der Waals surface area contributed by atoms with Crippen LogP contribution in [0.4, 0.5) is 0 Å². The van der Waals surface area contributed by atoms with Crippen LogP contribution in [-0.2, 0) is 11.3 Å². The third-order valence-corrected chi connectivity index (χ3v) is 2.01. The summed E-state index contributed by atoms with van der Waals surface area (Å²) in [6, 6.07) is 8.13. The molecule has 0 bridgehead atoms. The highest BCUT2D eigenvalue weighted by atomic mass is 16.6. The van der Waals surface area contributed by atoms with E-state index >= 15 is 0 Å². The molecule has 0 radical (unpaired) electrons. The molecule has 0 spiro atoms. The van der Waals surface area contributed by atoms with E-state index < -0.39 is 0 Å². The Morgan fingerprint density at radius 2 is 1.86 bits per heavy atom. The molecule has 1 aromatic carbocycles. The van der Waals surface area contributed by atoms with Crippen LogP contribution in [0.1, 0.15) is 18.9 Å². The van der Waals surface area contributed by atoms with Crippen molar-refractivity contribution in [2.45, 2.75) is 19.8 Å². The number of hydrogen-bond donors (Lipinski definition) is 1. The molecule has 0 saturated heterocycles. The fourth-order valence-corrected chi connectivity index (χ4v) is 1.15. The van der Waals surface area contributed by atoms with Gasteiger partial charge >= 0.3 is 0 Å². The van der Waals surface area contributed by atoms with Crippen molar-refractivity contribution in [3.05, 3.63) is 29.8 Å². The number of nitrogens with two attached hydrogens (primary N) is 1. The summed E-state index contributed by atoms with van der Waals surface area (Å²) in [6.45, 7) is 3.31. The summed E-state index contributed by atoms with van der Waals surface area (Å²) in [7, 11) is 0. The average Bonchev–Trinajstić information content (AvgIpc) is 2.25. The van der Waals surface area contributed by atoms with E-state index in [0.29, 0.717) is 13.2 Å². The summed E-state index contributed by atoms with van der Waals surface area (Å²) in [6.07, 6.45) is 1.87. The molecule has 0 atom stereocenters. The zero-order chi connectivity index (χ0) is 10.2. The second kappa shape index (κ2) is 6.40. The van der Waals surface area contributed by atoms with Crippen molar-refractivity contribution in [3.63, 3.8) is 0 Å². The van der Waals surface area contributed by atoms with Crippen molar-refractivity contribution in [2.75, 3.05) is 13.2 Å². The third kappa shape index (κ3) is 3.77. The first-order chi connectivity index (χ1) is 6.86. The minimum atomic E-state index is 0.535. The standard InChI is InChI=1S/C11H17NO2/c1-2-10-4-6-11(7-5-10)13-8-3-9-14-12/h4-7H,2-3,8-9,12H2,1H3. The van der Waals surface area contributed by atoms with Gasteiger partial charge in [-0.1, -0.05) is 19.1 Å². The number of aryl methyl sites for hydroxylation is 1. The van der Waals surface area contributed by atoms with E-state index in [2.05, 4.69) is 23.9 Å². The lowest BCUT2D eigenvalue weighted by molar-refractivity contribution is 0.122. The van der Waals surface area contributed by atoms with Crippen LogP contribution >= 0.6 is 0 Å². The molecule has 14 heavy (non-hydrogen) atoms. The topological polar surface area (TPSA) is 44.5 Å². The maximum atomic E-state index is 5.47. The van der Waals surface area contributed by atoms with Crippen molar-refractivity contribution in [3.8, 4) is 5.75 Å². The molecule has 1 aromatic rings. The Morgan fingerprint density at radius 1 is 1.14 bits per heavy atom. The van der Waals surface area contributed by atoms with Gasteiger partial charge in [-0.3, -0.25) is 0 Å². The Hall–Kier alpha value is -1.06. The lowest BCUT2D eigenvalue weighted by Gasteiger charge is -2.05. The van der Waals surface area contributed by atoms with Gasteiger partial charge in [0.15, 0.2) is 0 Å². The monoisotopic (exact) mass is 195 g/mol. The molecule has 0 aliphatic carbocycles. The van der Waals surface area contributed by atoms with Crippen LogP contribution in [0.5, 0.6) is 5.75 Å². The first kappa shape index (κ1) is 11.0. The number of benzene rings is 1. The van der Waals surface area contributed by atoms with Gasteiger partial charge in [0, 0.05) is 6.42 Å². The molecule has 0 amide bonds. The van der Waals surface area contributed by atoms with Gasteiger partial charge in [-0.25, -0.2) is 5.90 Å². The SMILES string of the molecule is CCc1ccc(OCCCON)cc1. The summed E-state index contributed by atoms with van der Waals surface area (Å²) in [5.41, 5.74) is 1.32. The van der Waals surface area contributed by atoms with Crippen LogP contribution in [0.25, 0.3) is 0 Å². The molecular formula is C11H17NO2. The van der Waals surface area contributed by atoms with E-state index in [0.717, 1.165) is 18.6 Å². The van der Waals surface area contributed by atoms with Gasteiger partial charge in [-0.2, -0.15) is 0 Å². The molecule has 0 fully saturated rings. The van der Waals surface area contributed by atoms with Gasteiger partial charge in [0.25, 0.3) is 0 Å². The van der Waals surface area contributed by atoms with Gasteiger partial charge in [0.1, 0.15) is 5.75 Å². The number of hydrogen-bond acceptors (Lipinski definition) is 3. The normalized spacial score (nSPS) is 10.1. The van der Waals surface area contributed by atoms with Crippen molar-refractivity contribution in [1.82, 2.24) is 0 Å². The van der Waals surface area contributed by atoms with Crippen LogP contribution < -0.4 is 10.6 Å². The molecular weight excluding hydrogens is 178 g/mol. The van der Waals surface area contributed by atoms with Crippen LogP contribution in [0.15, 0.2) is 24.3 Å². The van der Waals surface area contributed by atoms with Gasteiger partial charge in [0.2, 0.25) is 0 Å². The first-order valence-electron chi connectivity index (χ1n) is 4.90. The molecule has 3 heteroatoms. The van der Waals surface area contributed by atoms with Gasteiger partial charge in [-0.15, -0.1) is 0 Å². The van der Waals surface area contributed by atoms with Crippen LogP contribution in [0.3, 0.4) is 0 Å². The Bertz CT molecular complexity index is 246. The van der Waals surface area contributed by atoms with Crippen molar-refractivity contribution < 1.29 is 9.57 Å². The molecule has 2 N–H and O–H groups in total. The van der Waals surface area contributed by atoms with Gasteiger partial charge < -0.3 is 9.57 Å². The number of rotatable bonds is 6. The molecule has 0 unspecified atom stereocenters. The summed E-state index contributed by atoms with van der Waals surface area (Å²) >= 11 is 0. The third-order valence-electron chi connectivity index (χ3n) is 2.01. The van der Waals surface area contributed by atoms with E-state index in [4.69, 9.17) is 10.6 Å². The highest BCUT2D eigenvalue weighted by molar-refractivity contribution is 5.27. The molecule has 0 aliphatic rings. The van der Waals surface area contributed by atoms with Gasteiger partial charge in [0.05, 0.1) is 13.2 Å². The molecule has 3 nitrogen and oxygen atoms in total. The fraction of sp³-hybridized carbons (Fsp3) is 0.455. The molecule has 0 aromatic heterocycles. The predicted molar refractivity (Wildman–Crippen MR) is 56.1 cm³/mol. The quantitative estimate of drug-likeness (QED) is 0.557. The van der Waals surface area contributed by atoms with Crippen LogP contribution in [0.2, 0.25) is 0 Å². The molecule has 0 saturated carbocycles.